The van der Waals surface area contributed by atoms with Crippen molar-refractivity contribution in [1.29, 1.82) is 0 Å². The number of ketones is 1. The number of hydrogen-bond acceptors (Lipinski definition) is 2. The molecule has 3 N–H and O–H groups in total. The van der Waals surface area contributed by atoms with Crippen LogP contribution in [-0.4, -0.2) is 10.8 Å². The molecule has 1 aromatic heterocycles. The summed E-state index contributed by atoms with van der Waals surface area (Å²) in [5, 5.41) is 1.08. The van der Waals surface area contributed by atoms with E-state index in [1.807, 2.05) is 0 Å². The Balaban J connectivity index is 2.17. The minimum absolute atomic E-state index is 0.227. The normalized spacial score (nSPS) is 11.0. The highest BCUT2D eigenvalue weighted by atomic mass is 35.5. The minimum Gasteiger partial charge on any atom is -0.396 e. The summed E-state index contributed by atoms with van der Waals surface area (Å²) in [6, 6.07) is 6.57. The van der Waals surface area contributed by atoms with E-state index in [-0.39, 0.29) is 5.56 Å². The van der Waals surface area contributed by atoms with Gasteiger partial charge in [0, 0.05) is 27.7 Å². The first-order valence-electron chi connectivity index (χ1n) is 6.03. The Labute approximate surface area is 123 Å². The van der Waals surface area contributed by atoms with Crippen molar-refractivity contribution in [2.24, 2.45) is 0 Å². The number of nitrogens with one attached hydrogen (secondary N) is 1. The van der Waals surface area contributed by atoms with Crippen LogP contribution in [0.2, 0.25) is 5.02 Å². The fraction of sp³-hybridized carbons (Fsp3) is 0. The Bertz CT molecular complexity index is 873. The molecule has 0 saturated heterocycles. The zero-order valence-electron chi connectivity index (χ0n) is 10.6. The minimum atomic E-state index is -0.926. The summed E-state index contributed by atoms with van der Waals surface area (Å²) in [6.07, 6.45) is 1.43. The summed E-state index contributed by atoms with van der Waals surface area (Å²) in [7, 11) is 0. The third kappa shape index (κ3) is 2.25. The van der Waals surface area contributed by atoms with Gasteiger partial charge in [0.05, 0.1) is 11.3 Å². The molecule has 0 amide bonds. The number of fused-ring (bicyclic) bond motifs is 1. The number of hydrogen-bond donors (Lipinski definition) is 2. The van der Waals surface area contributed by atoms with Crippen LogP contribution in [0.1, 0.15) is 15.9 Å². The second-order valence-corrected chi connectivity index (χ2v) is 5.01. The van der Waals surface area contributed by atoms with Gasteiger partial charge in [-0.25, -0.2) is 8.78 Å². The zero-order chi connectivity index (χ0) is 15.1. The molecule has 0 radical (unpaired) electrons. The van der Waals surface area contributed by atoms with E-state index < -0.39 is 28.7 Å². The first-order valence-corrected chi connectivity index (χ1v) is 6.41. The van der Waals surface area contributed by atoms with Crippen LogP contribution < -0.4 is 5.73 Å². The van der Waals surface area contributed by atoms with Gasteiger partial charge in [0.1, 0.15) is 5.82 Å². The summed E-state index contributed by atoms with van der Waals surface area (Å²) >= 11 is 5.86. The van der Waals surface area contributed by atoms with Gasteiger partial charge in [0.25, 0.3) is 0 Å². The topological polar surface area (TPSA) is 58.9 Å². The fourth-order valence-electron chi connectivity index (χ4n) is 2.21. The molecule has 0 aliphatic rings. The van der Waals surface area contributed by atoms with Crippen LogP contribution >= 0.6 is 11.6 Å². The number of aromatic amines is 1. The zero-order valence-corrected chi connectivity index (χ0v) is 11.3. The lowest BCUT2D eigenvalue weighted by Gasteiger charge is -2.05. The number of carbonyl (C=O) groups excluding carboxylic acids is 1. The van der Waals surface area contributed by atoms with Gasteiger partial charge in [-0.3, -0.25) is 4.79 Å². The van der Waals surface area contributed by atoms with Crippen LogP contribution in [0.3, 0.4) is 0 Å². The number of halogens is 3. The van der Waals surface area contributed by atoms with Gasteiger partial charge in [-0.2, -0.15) is 0 Å². The molecule has 0 fully saturated rings. The van der Waals surface area contributed by atoms with Gasteiger partial charge in [0.15, 0.2) is 11.6 Å². The molecule has 3 nitrogen and oxygen atoms in total. The number of rotatable bonds is 2. The standard InChI is InChI=1S/C15H9ClF2N2O/c16-7-1-2-9-11(6-20-13(9)3-7)15(21)10-4-8(17)5-12(19)14(10)18/h1-6,20H,19H2. The molecule has 3 rings (SSSR count). The molecule has 0 spiro atoms. The van der Waals surface area contributed by atoms with Crippen molar-refractivity contribution >= 4 is 34.0 Å². The molecular weight excluding hydrogens is 298 g/mol. The first-order chi connectivity index (χ1) is 9.97. The molecule has 0 bridgehead atoms. The molecule has 0 aliphatic heterocycles. The number of benzene rings is 2. The molecule has 0 saturated carbocycles. The van der Waals surface area contributed by atoms with Crippen LogP contribution in [-0.2, 0) is 0 Å². The third-order valence-electron chi connectivity index (χ3n) is 3.20. The summed E-state index contributed by atoms with van der Waals surface area (Å²) < 4.78 is 27.3. The molecule has 0 unspecified atom stereocenters. The summed E-state index contributed by atoms with van der Waals surface area (Å²) in [6.45, 7) is 0. The number of nitrogen functional groups attached to an aromatic ring is 1. The predicted octanol–water partition coefficient (Wildman–Crippen LogP) is 3.91. The Kier molecular flexibility index (Phi) is 3.14. The van der Waals surface area contributed by atoms with Crippen LogP contribution in [0.25, 0.3) is 10.9 Å². The molecule has 1 heterocycles. The maximum atomic E-state index is 13.9. The summed E-state index contributed by atoms with van der Waals surface area (Å²) in [4.78, 5) is 15.3. The first kappa shape index (κ1) is 13.6. The average Bonchev–Trinajstić information content (AvgIpc) is 2.84. The highest BCUT2D eigenvalue weighted by Gasteiger charge is 2.20. The second-order valence-electron chi connectivity index (χ2n) is 4.58. The monoisotopic (exact) mass is 306 g/mol. The van der Waals surface area contributed by atoms with Gasteiger partial charge in [-0.05, 0) is 24.3 Å². The second kappa shape index (κ2) is 4.86. The quantitative estimate of drug-likeness (QED) is 0.557. The molecule has 2 aromatic carbocycles. The van der Waals surface area contributed by atoms with E-state index in [9.17, 15) is 13.6 Å². The van der Waals surface area contributed by atoms with E-state index >= 15 is 0 Å². The van der Waals surface area contributed by atoms with Gasteiger partial charge in [0.2, 0.25) is 0 Å². The van der Waals surface area contributed by atoms with E-state index in [1.54, 1.807) is 18.2 Å². The van der Waals surface area contributed by atoms with Crippen molar-refractivity contribution in [1.82, 2.24) is 4.98 Å². The van der Waals surface area contributed by atoms with Crippen LogP contribution in [0.5, 0.6) is 0 Å². The maximum absolute atomic E-state index is 13.9. The van der Waals surface area contributed by atoms with E-state index in [0.29, 0.717) is 15.9 Å². The van der Waals surface area contributed by atoms with Crippen molar-refractivity contribution < 1.29 is 13.6 Å². The highest BCUT2D eigenvalue weighted by molar-refractivity contribution is 6.31. The number of H-pyrrole nitrogens is 1. The molecular formula is C15H9ClF2N2O. The molecule has 21 heavy (non-hydrogen) atoms. The van der Waals surface area contributed by atoms with Gasteiger partial charge < -0.3 is 10.7 Å². The smallest absolute Gasteiger partial charge is 0.198 e. The predicted molar refractivity (Wildman–Crippen MR) is 77.5 cm³/mol. The van der Waals surface area contributed by atoms with Crippen molar-refractivity contribution in [3.05, 3.63) is 64.3 Å². The molecule has 0 aliphatic carbocycles. The SMILES string of the molecule is Nc1cc(F)cc(C(=O)c2c[nH]c3cc(Cl)ccc23)c1F. The number of aromatic nitrogens is 1. The molecule has 106 valence electrons. The number of anilines is 1. The average molecular weight is 307 g/mol. The van der Waals surface area contributed by atoms with Crippen molar-refractivity contribution in [2.45, 2.75) is 0 Å². The number of nitrogens with two attached hydrogens (primary N) is 1. The number of carbonyl (C=O) groups is 1. The van der Waals surface area contributed by atoms with Crippen LogP contribution in [0.4, 0.5) is 14.5 Å². The van der Waals surface area contributed by atoms with Gasteiger partial charge in [-0.15, -0.1) is 0 Å². The van der Waals surface area contributed by atoms with E-state index in [4.69, 9.17) is 17.3 Å². The Morgan fingerprint density at radius 1 is 1.14 bits per heavy atom. The molecule has 3 aromatic rings. The van der Waals surface area contributed by atoms with Crippen molar-refractivity contribution in [2.75, 3.05) is 5.73 Å². The van der Waals surface area contributed by atoms with Gasteiger partial charge in [-0.1, -0.05) is 17.7 Å². The van der Waals surface area contributed by atoms with E-state index in [1.165, 1.54) is 6.20 Å². The Hall–Kier alpha value is -2.40. The van der Waals surface area contributed by atoms with E-state index in [0.717, 1.165) is 12.1 Å². The Morgan fingerprint density at radius 3 is 2.67 bits per heavy atom. The third-order valence-corrected chi connectivity index (χ3v) is 3.43. The lowest BCUT2D eigenvalue weighted by molar-refractivity contribution is 0.103. The molecule has 6 heteroatoms. The fourth-order valence-corrected chi connectivity index (χ4v) is 2.38. The van der Waals surface area contributed by atoms with Crippen molar-refractivity contribution in [3.8, 4) is 0 Å². The highest BCUT2D eigenvalue weighted by Crippen LogP contribution is 2.26. The van der Waals surface area contributed by atoms with Crippen LogP contribution in [0, 0.1) is 11.6 Å². The largest absolute Gasteiger partial charge is 0.396 e. The van der Waals surface area contributed by atoms with E-state index in [2.05, 4.69) is 4.98 Å². The van der Waals surface area contributed by atoms with Gasteiger partial charge >= 0.3 is 0 Å². The molecule has 0 atom stereocenters. The van der Waals surface area contributed by atoms with Crippen molar-refractivity contribution in [3.63, 3.8) is 0 Å². The summed E-state index contributed by atoms with van der Waals surface area (Å²) in [5.41, 5.74) is 5.41. The van der Waals surface area contributed by atoms with Crippen LogP contribution in [0.15, 0.2) is 36.5 Å². The lowest BCUT2D eigenvalue weighted by atomic mass is 10.0. The maximum Gasteiger partial charge on any atom is 0.198 e. The summed E-state index contributed by atoms with van der Waals surface area (Å²) in [5.74, 6) is -2.34. The Morgan fingerprint density at radius 2 is 1.90 bits per heavy atom. The lowest BCUT2D eigenvalue weighted by Crippen LogP contribution is -2.07.